The summed E-state index contributed by atoms with van der Waals surface area (Å²) in [5.41, 5.74) is 3.32. The summed E-state index contributed by atoms with van der Waals surface area (Å²) >= 11 is 0.602. The number of methoxy groups -OCH3 is 1. The van der Waals surface area contributed by atoms with Gasteiger partial charge >= 0.3 is 6.18 Å². The van der Waals surface area contributed by atoms with Gasteiger partial charge in [0.05, 0.1) is 13.3 Å². The number of hydrogen-bond donors (Lipinski definition) is 3. The number of benzene rings is 1. The topological polar surface area (TPSA) is 89.3 Å². The quantitative estimate of drug-likeness (QED) is 0.324. The highest BCUT2D eigenvalue weighted by Crippen LogP contribution is 2.34. The number of nitrogens with zero attached hydrogens (tertiary/aromatic N) is 1. The van der Waals surface area contributed by atoms with Gasteiger partial charge in [0.1, 0.15) is 15.6 Å². The molecule has 0 fully saturated rings. The Morgan fingerprint density at radius 2 is 2.00 bits per heavy atom. The molecule has 0 aliphatic rings. The standard InChI is InChI=1S/C14H13F3N2OS.CH4N2O/c1-18-10-4-3-5-11(20-2)9(10)6-7-13-19-8-12(21-13)14(15,16)17;2-3-1-4/h3-8,18H,1-2H3;1H,2H2,(H,3,4)/b7-6+;. The molecule has 1 aromatic carbocycles. The number of aromatic nitrogens is 1. The lowest BCUT2D eigenvalue weighted by Gasteiger charge is -2.09. The van der Waals surface area contributed by atoms with Crippen molar-refractivity contribution in [2.45, 2.75) is 6.18 Å². The first kappa shape index (κ1) is 20.5. The Labute approximate surface area is 146 Å². The van der Waals surface area contributed by atoms with E-state index in [9.17, 15) is 13.2 Å². The van der Waals surface area contributed by atoms with Crippen LogP contribution in [0, 0.1) is 0 Å². The lowest BCUT2D eigenvalue weighted by molar-refractivity contribution is -0.134. The summed E-state index contributed by atoms with van der Waals surface area (Å²) < 4.78 is 42.8. The number of thiazole rings is 1. The summed E-state index contributed by atoms with van der Waals surface area (Å²) in [6, 6.07) is 5.46. The monoisotopic (exact) mass is 374 g/mol. The maximum absolute atomic E-state index is 12.5. The molecule has 0 radical (unpaired) electrons. The second kappa shape index (κ2) is 9.64. The van der Waals surface area contributed by atoms with Crippen molar-refractivity contribution in [2.24, 2.45) is 5.84 Å². The molecule has 6 nitrogen and oxygen atoms in total. The van der Waals surface area contributed by atoms with Crippen LogP contribution in [0.15, 0.2) is 24.4 Å². The molecule has 25 heavy (non-hydrogen) atoms. The van der Waals surface area contributed by atoms with E-state index < -0.39 is 11.1 Å². The Kier molecular flexibility index (Phi) is 7.89. The van der Waals surface area contributed by atoms with Crippen LogP contribution in [0.25, 0.3) is 12.2 Å². The second-order valence-electron chi connectivity index (χ2n) is 4.35. The van der Waals surface area contributed by atoms with Crippen LogP contribution in [0.2, 0.25) is 0 Å². The molecule has 4 N–H and O–H groups in total. The maximum atomic E-state index is 12.5. The highest BCUT2D eigenvalue weighted by molar-refractivity contribution is 7.12. The van der Waals surface area contributed by atoms with Gasteiger partial charge in [-0.3, -0.25) is 10.2 Å². The molecule has 1 heterocycles. The molecule has 1 amide bonds. The molecule has 0 atom stereocenters. The van der Waals surface area contributed by atoms with Crippen LogP contribution >= 0.6 is 11.3 Å². The van der Waals surface area contributed by atoms with Crippen molar-refractivity contribution in [1.82, 2.24) is 10.4 Å². The Morgan fingerprint density at radius 1 is 1.32 bits per heavy atom. The van der Waals surface area contributed by atoms with Crippen molar-refractivity contribution in [3.05, 3.63) is 39.8 Å². The SMILES string of the molecule is CNc1cccc(OC)c1/C=C/c1ncc(C(F)(F)F)s1.NNC=O. The number of nitrogens with two attached hydrogens (primary N) is 1. The molecule has 0 aliphatic carbocycles. The van der Waals surface area contributed by atoms with E-state index in [2.05, 4.69) is 16.1 Å². The summed E-state index contributed by atoms with van der Waals surface area (Å²) in [5, 5.41) is 3.30. The summed E-state index contributed by atoms with van der Waals surface area (Å²) in [6.45, 7) is 0. The first-order valence-electron chi connectivity index (χ1n) is 6.83. The highest BCUT2D eigenvalue weighted by atomic mass is 32.1. The average Bonchev–Trinajstić information content (AvgIpc) is 3.09. The number of alkyl halides is 3. The normalized spacial score (nSPS) is 10.8. The van der Waals surface area contributed by atoms with E-state index in [1.165, 1.54) is 7.11 Å². The molecule has 136 valence electrons. The van der Waals surface area contributed by atoms with E-state index in [0.29, 0.717) is 23.5 Å². The van der Waals surface area contributed by atoms with Gasteiger partial charge in [0.2, 0.25) is 6.41 Å². The van der Waals surface area contributed by atoms with Gasteiger partial charge in [-0.25, -0.2) is 10.8 Å². The summed E-state index contributed by atoms with van der Waals surface area (Å²) in [7, 11) is 3.30. The van der Waals surface area contributed by atoms with Crippen molar-refractivity contribution in [3.63, 3.8) is 0 Å². The Hall–Kier alpha value is -2.59. The van der Waals surface area contributed by atoms with Gasteiger partial charge in [0, 0.05) is 18.3 Å². The zero-order valence-electron chi connectivity index (χ0n) is 13.4. The number of halogens is 3. The van der Waals surface area contributed by atoms with Crippen LogP contribution in [0.4, 0.5) is 18.9 Å². The molecular weight excluding hydrogens is 357 g/mol. The molecule has 2 rings (SSSR count). The number of carbonyl (C=O) groups excluding carboxylic acids is 1. The third-order valence-electron chi connectivity index (χ3n) is 2.82. The number of anilines is 1. The van der Waals surface area contributed by atoms with E-state index in [0.717, 1.165) is 17.4 Å². The zero-order valence-corrected chi connectivity index (χ0v) is 14.2. The maximum Gasteiger partial charge on any atom is 0.427 e. The summed E-state index contributed by atoms with van der Waals surface area (Å²) in [4.78, 5) is 12.0. The number of rotatable bonds is 5. The lowest BCUT2D eigenvalue weighted by Crippen LogP contribution is -2.18. The molecule has 10 heteroatoms. The van der Waals surface area contributed by atoms with Crippen LogP contribution in [-0.4, -0.2) is 25.6 Å². The van der Waals surface area contributed by atoms with Gasteiger partial charge < -0.3 is 10.1 Å². The Balaban J connectivity index is 0.000000705. The van der Waals surface area contributed by atoms with Crippen molar-refractivity contribution in [1.29, 1.82) is 0 Å². The van der Waals surface area contributed by atoms with Gasteiger partial charge in [-0.2, -0.15) is 13.2 Å². The smallest absolute Gasteiger partial charge is 0.427 e. The van der Waals surface area contributed by atoms with Crippen LogP contribution in [0.3, 0.4) is 0 Å². The number of nitrogens with one attached hydrogen (secondary N) is 2. The minimum atomic E-state index is -4.36. The van der Waals surface area contributed by atoms with Crippen molar-refractivity contribution >= 4 is 35.6 Å². The molecule has 0 unspecified atom stereocenters. The third kappa shape index (κ3) is 6.08. The molecule has 0 aliphatic heterocycles. The molecule has 0 saturated carbocycles. The molecule has 2 aromatic rings. The third-order valence-corrected chi connectivity index (χ3v) is 3.83. The van der Waals surface area contributed by atoms with E-state index >= 15 is 0 Å². The van der Waals surface area contributed by atoms with Gasteiger partial charge in [-0.15, -0.1) is 11.3 Å². The van der Waals surface area contributed by atoms with Crippen LogP contribution in [0.1, 0.15) is 15.4 Å². The Bertz CT molecular complexity index is 695. The van der Waals surface area contributed by atoms with Gasteiger partial charge in [-0.05, 0) is 24.3 Å². The van der Waals surface area contributed by atoms with E-state index in [-0.39, 0.29) is 5.01 Å². The predicted molar refractivity (Wildman–Crippen MR) is 92.0 cm³/mol. The fourth-order valence-corrected chi connectivity index (χ4v) is 2.45. The average molecular weight is 374 g/mol. The summed E-state index contributed by atoms with van der Waals surface area (Å²) in [6.07, 6.45) is 0.109. The van der Waals surface area contributed by atoms with E-state index in [1.54, 1.807) is 30.7 Å². The number of hydrazine groups is 1. The van der Waals surface area contributed by atoms with Crippen LogP contribution in [0.5, 0.6) is 5.75 Å². The molecule has 0 spiro atoms. The summed E-state index contributed by atoms with van der Waals surface area (Å²) in [5.74, 6) is 5.04. The van der Waals surface area contributed by atoms with E-state index in [4.69, 9.17) is 9.53 Å². The molecule has 0 bridgehead atoms. The first-order valence-corrected chi connectivity index (χ1v) is 7.64. The predicted octanol–water partition coefficient (Wildman–Crippen LogP) is 2.99. The number of hydrogen-bond acceptors (Lipinski definition) is 6. The van der Waals surface area contributed by atoms with E-state index in [1.807, 2.05) is 12.1 Å². The zero-order chi connectivity index (χ0) is 18.9. The van der Waals surface area contributed by atoms with Gasteiger partial charge in [0.25, 0.3) is 0 Å². The highest BCUT2D eigenvalue weighted by Gasteiger charge is 2.32. The van der Waals surface area contributed by atoms with Gasteiger partial charge in [0.15, 0.2) is 0 Å². The van der Waals surface area contributed by atoms with Crippen molar-refractivity contribution in [3.8, 4) is 5.75 Å². The van der Waals surface area contributed by atoms with Crippen LogP contribution in [-0.2, 0) is 11.0 Å². The van der Waals surface area contributed by atoms with Gasteiger partial charge in [-0.1, -0.05) is 6.07 Å². The van der Waals surface area contributed by atoms with Crippen molar-refractivity contribution < 1.29 is 22.7 Å². The molecular formula is C15H17F3N4O2S. The minimum Gasteiger partial charge on any atom is -0.496 e. The largest absolute Gasteiger partial charge is 0.496 e. The fraction of sp³-hybridized carbons (Fsp3) is 0.200. The molecule has 0 saturated heterocycles. The second-order valence-corrected chi connectivity index (χ2v) is 5.41. The van der Waals surface area contributed by atoms with Crippen molar-refractivity contribution in [2.75, 3.05) is 19.5 Å². The Morgan fingerprint density at radius 3 is 2.48 bits per heavy atom. The fourth-order valence-electron chi connectivity index (χ4n) is 1.76. The number of ether oxygens (including phenoxy) is 1. The molecule has 1 aromatic heterocycles. The minimum absolute atomic E-state index is 0.287. The number of amides is 1. The lowest BCUT2D eigenvalue weighted by atomic mass is 10.1. The first-order chi connectivity index (χ1) is 11.9. The number of carbonyl (C=O) groups is 1. The van der Waals surface area contributed by atoms with Crippen LogP contribution < -0.4 is 21.3 Å².